The maximum atomic E-state index is 6.67. The zero-order chi connectivity index (χ0) is 16.1. The zero-order valence-corrected chi connectivity index (χ0v) is 14.4. The maximum absolute atomic E-state index is 6.67. The third-order valence-electron chi connectivity index (χ3n) is 5.44. The van der Waals surface area contributed by atoms with Crippen molar-refractivity contribution in [1.82, 2.24) is 0 Å². The molecule has 0 amide bonds. The lowest BCUT2D eigenvalue weighted by Gasteiger charge is -2.49. The highest BCUT2D eigenvalue weighted by molar-refractivity contribution is 5.57. The summed E-state index contributed by atoms with van der Waals surface area (Å²) in [6.45, 7) is 1.81. The average Bonchev–Trinajstić information content (AvgIpc) is 2.55. The number of benzene rings is 2. The van der Waals surface area contributed by atoms with Crippen LogP contribution in [-0.4, -0.2) is 38.8 Å². The SMILES string of the molecule is C[N+](C)(C)CCOC12CCC(c3ccccc31)c1ccccc12. The predicted molar refractivity (Wildman–Crippen MR) is 93.6 cm³/mol. The molecule has 0 spiro atoms. The van der Waals surface area contributed by atoms with Crippen molar-refractivity contribution in [2.24, 2.45) is 0 Å². The van der Waals surface area contributed by atoms with Crippen LogP contribution in [0.2, 0.25) is 0 Å². The van der Waals surface area contributed by atoms with E-state index in [1.165, 1.54) is 28.7 Å². The molecular weight excluding hydrogens is 282 g/mol. The molecule has 0 fully saturated rings. The Morgan fingerprint density at radius 1 is 0.957 bits per heavy atom. The second kappa shape index (κ2) is 5.19. The van der Waals surface area contributed by atoms with Gasteiger partial charge in [-0.2, -0.15) is 0 Å². The highest BCUT2D eigenvalue weighted by Gasteiger charge is 2.49. The summed E-state index contributed by atoms with van der Waals surface area (Å²) in [4.78, 5) is 0. The largest absolute Gasteiger partial charge is 0.360 e. The molecule has 0 aromatic heterocycles. The Balaban J connectivity index is 1.79. The van der Waals surface area contributed by atoms with Crippen molar-refractivity contribution >= 4 is 0 Å². The number of fused-ring (bicyclic) bond motifs is 1. The maximum Gasteiger partial charge on any atom is 0.119 e. The van der Waals surface area contributed by atoms with Gasteiger partial charge in [-0.05, 0) is 35.1 Å². The molecule has 0 atom stereocenters. The molecule has 2 heteroatoms. The molecule has 0 radical (unpaired) electrons. The van der Waals surface area contributed by atoms with Crippen LogP contribution in [0.25, 0.3) is 0 Å². The Labute approximate surface area is 139 Å². The summed E-state index contributed by atoms with van der Waals surface area (Å²) in [5.74, 6) is 0.547. The van der Waals surface area contributed by atoms with E-state index < -0.39 is 0 Å². The fraction of sp³-hybridized carbons (Fsp3) is 0.429. The molecule has 120 valence electrons. The van der Waals surface area contributed by atoms with E-state index >= 15 is 0 Å². The summed E-state index contributed by atoms with van der Waals surface area (Å²) in [7, 11) is 6.67. The van der Waals surface area contributed by atoms with Gasteiger partial charge in [-0.1, -0.05) is 48.5 Å². The van der Waals surface area contributed by atoms with Gasteiger partial charge < -0.3 is 9.22 Å². The van der Waals surface area contributed by atoms with E-state index in [0.29, 0.717) is 5.92 Å². The summed E-state index contributed by atoms with van der Waals surface area (Å²) < 4.78 is 7.60. The second-order valence-electron chi connectivity index (χ2n) is 7.96. The first-order chi connectivity index (χ1) is 11.0. The number of hydrogen-bond donors (Lipinski definition) is 0. The molecule has 2 bridgehead atoms. The van der Waals surface area contributed by atoms with E-state index in [-0.39, 0.29) is 5.60 Å². The van der Waals surface area contributed by atoms with E-state index in [9.17, 15) is 0 Å². The van der Waals surface area contributed by atoms with Gasteiger partial charge in [-0.25, -0.2) is 0 Å². The number of ether oxygens (including phenoxy) is 1. The summed E-state index contributed by atoms with van der Waals surface area (Å²) >= 11 is 0. The number of nitrogens with zero attached hydrogens (tertiary/aromatic N) is 1. The molecule has 3 aliphatic carbocycles. The molecule has 2 aromatic rings. The van der Waals surface area contributed by atoms with Crippen LogP contribution in [0, 0.1) is 0 Å². The monoisotopic (exact) mass is 308 g/mol. The molecule has 2 nitrogen and oxygen atoms in total. The van der Waals surface area contributed by atoms with Gasteiger partial charge in [0.15, 0.2) is 0 Å². The summed E-state index contributed by atoms with van der Waals surface area (Å²) in [6.07, 6.45) is 2.29. The molecule has 0 aliphatic heterocycles. The minimum atomic E-state index is -0.239. The molecule has 0 heterocycles. The van der Waals surface area contributed by atoms with E-state index in [1.54, 1.807) is 0 Å². The van der Waals surface area contributed by atoms with E-state index in [1.807, 2.05) is 0 Å². The first-order valence-corrected chi connectivity index (χ1v) is 8.64. The van der Waals surface area contributed by atoms with Gasteiger partial charge in [0.25, 0.3) is 0 Å². The minimum Gasteiger partial charge on any atom is -0.360 e. The van der Waals surface area contributed by atoms with Crippen LogP contribution < -0.4 is 0 Å². The molecular formula is C21H26NO+. The lowest BCUT2D eigenvalue weighted by Crippen LogP contribution is -2.45. The second-order valence-corrected chi connectivity index (χ2v) is 7.96. The number of likely N-dealkylation sites (N-methyl/N-ethyl adjacent to an activating group) is 1. The van der Waals surface area contributed by atoms with Crippen LogP contribution in [0.1, 0.15) is 41.0 Å². The first-order valence-electron chi connectivity index (χ1n) is 8.64. The van der Waals surface area contributed by atoms with Crippen molar-refractivity contribution in [2.45, 2.75) is 24.4 Å². The number of rotatable bonds is 4. The summed E-state index contributed by atoms with van der Waals surface area (Å²) in [5, 5.41) is 0. The smallest absolute Gasteiger partial charge is 0.119 e. The van der Waals surface area contributed by atoms with Crippen LogP contribution in [0.5, 0.6) is 0 Å². The lowest BCUT2D eigenvalue weighted by molar-refractivity contribution is -0.871. The Morgan fingerprint density at radius 3 is 2.09 bits per heavy atom. The van der Waals surface area contributed by atoms with Gasteiger partial charge in [-0.15, -0.1) is 0 Å². The van der Waals surface area contributed by atoms with Crippen molar-refractivity contribution in [1.29, 1.82) is 0 Å². The van der Waals surface area contributed by atoms with Crippen LogP contribution in [0.4, 0.5) is 0 Å². The molecule has 0 N–H and O–H groups in total. The van der Waals surface area contributed by atoms with Gasteiger partial charge in [0.1, 0.15) is 12.1 Å². The molecule has 5 rings (SSSR count). The number of hydrogen-bond acceptors (Lipinski definition) is 1. The van der Waals surface area contributed by atoms with Crippen LogP contribution in [-0.2, 0) is 10.3 Å². The number of quaternary nitrogens is 1. The fourth-order valence-corrected chi connectivity index (χ4v) is 4.30. The van der Waals surface area contributed by atoms with E-state index in [0.717, 1.165) is 24.1 Å². The Kier molecular flexibility index (Phi) is 3.36. The topological polar surface area (TPSA) is 9.23 Å². The Morgan fingerprint density at radius 2 is 1.52 bits per heavy atom. The summed E-state index contributed by atoms with van der Waals surface area (Å²) in [5.41, 5.74) is 5.51. The first kappa shape index (κ1) is 14.9. The molecule has 3 aliphatic rings. The highest BCUT2D eigenvalue weighted by atomic mass is 16.5. The van der Waals surface area contributed by atoms with E-state index in [4.69, 9.17) is 4.74 Å². The van der Waals surface area contributed by atoms with Gasteiger partial charge in [0.05, 0.1) is 27.7 Å². The van der Waals surface area contributed by atoms with Gasteiger partial charge in [-0.3, -0.25) is 0 Å². The van der Waals surface area contributed by atoms with Gasteiger partial charge >= 0.3 is 0 Å². The van der Waals surface area contributed by atoms with Crippen LogP contribution in [0.15, 0.2) is 48.5 Å². The highest BCUT2D eigenvalue weighted by Crippen LogP contribution is 2.56. The van der Waals surface area contributed by atoms with Crippen LogP contribution in [0.3, 0.4) is 0 Å². The normalized spacial score (nSPS) is 25.1. The van der Waals surface area contributed by atoms with Gasteiger partial charge in [0.2, 0.25) is 0 Å². The van der Waals surface area contributed by atoms with Gasteiger partial charge in [0, 0.05) is 5.92 Å². The third-order valence-corrected chi connectivity index (χ3v) is 5.44. The standard InChI is InChI=1S/C21H26NO/c1-22(2,3)14-15-23-21-13-12-16(17-8-4-6-10-19(17)21)18-9-5-7-11-20(18)21/h4-11,16H,12-15H2,1-3H3/q+1. The average molecular weight is 308 g/mol. The molecule has 0 saturated carbocycles. The van der Waals surface area contributed by atoms with Crippen LogP contribution >= 0.6 is 0 Å². The molecule has 0 saturated heterocycles. The lowest BCUT2D eigenvalue weighted by atomic mass is 9.61. The fourth-order valence-electron chi connectivity index (χ4n) is 4.30. The zero-order valence-electron chi connectivity index (χ0n) is 14.4. The molecule has 0 unspecified atom stereocenters. The quantitative estimate of drug-likeness (QED) is 0.779. The third kappa shape index (κ3) is 2.32. The molecule has 23 heavy (non-hydrogen) atoms. The molecule has 2 aromatic carbocycles. The minimum absolute atomic E-state index is 0.239. The Hall–Kier alpha value is -1.64. The Bertz CT molecular complexity index is 681. The van der Waals surface area contributed by atoms with Crippen molar-refractivity contribution < 1.29 is 9.22 Å². The van der Waals surface area contributed by atoms with Crippen molar-refractivity contribution in [3.63, 3.8) is 0 Å². The van der Waals surface area contributed by atoms with Crippen molar-refractivity contribution in [3.8, 4) is 0 Å². The van der Waals surface area contributed by atoms with E-state index in [2.05, 4.69) is 69.7 Å². The van der Waals surface area contributed by atoms with Crippen molar-refractivity contribution in [2.75, 3.05) is 34.3 Å². The predicted octanol–water partition coefficient (Wildman–Crippen LogP) is 3.89. The van der Waals surface area contributed by atoms with Crippen molar-refractivity contribution in [3.05, 3.63) is 70.8 Å². The summed E-state index contributed by atoms with van der Waals surface area (Å²) in [6, 6.07) is 17.8.